The van der Waals surface area contributed by atoms with Crippen molar-refractivity contribution < 1.29 is 4.74 Å². The molecule has 3 unspecified atom stereocenters. The lowest BCUT2D eigenvalue weighted by Crippen LogP contribution is -2.67. The van der Waals surface area contributed by atoms with Gasteiger partial charge >= 0.3 is 0 Å². The molecule has 4 nitrogen and oxygen atoms in total. The van der Waals surface area contributed by atoms with Crippen molar-refractivity contribution in [3.8, 4) is 0 Å². The number of aliphatic imine (C=N–C) groups is 1. The number of nitrogens with one attached hydrogen (secondary N) is 2. The lowest BCUT2D eigenvalue weighted by molar-refractivity contribution is -0.106. The van der Waals surface area contributed by atoms with E-state index in [0.29, 0.717) is 18.1 Å². The first-order valence-corrected chi connectivity index (χ1v) is 6.77. The Kier molecular flexibility index (Phi) is 3.61. The van der Waals surface area contributed by atoms with Crippen LogP contribution in [0.4, 0.5) is 0 Å². The summed E-state index contributed by atoms with van der Waals surface area (Å²) in [5.41, 5.74) is 0.213. The highest BCUT2D eigenvalue weighted by Gasteiger charge is 2.59. The molecule has 1 aliphatic heterocycles. The van der Waals surface area contributed by atoms with Crippen molar-refractivity contribution in [3.63, 3.8) is 0 Å². The quantitative estimate of drug-likeness (QED) is 0.577. The monoisotopic (exact) mass is 239 g/mol. The van der Waals surface area contributed by atoms with Gasteiger partial charge in [0.2, 0.25) is 0 Å². The van der Waals surface area contributed by atoms with Crippen LogP contribution in [-0.2, 0) is 4.74 Å². The van der Waals surface area contributed by atoms with Crippen LogP contribution in [0.5, 0.6) is 0 Å². The zero-order chi connectivity index (χ0) is 12.5. The molecule has 17 heavy (non-hydrogen) atoms. The van der Waals surface area contributed by atoms with Crippen LogP contribution >= 0.6 is 0 Å². The maximum absolute atomic E-state index is 5.80. The Morgan fingerprint density at radius 3 is 2.82 bits per heavy atom. The normalized spacial score (nSPS) is 35.1. The van der Waals surface area contributed by atoms with Crippen molar-refractivity contribution in [2.75, 3.05) is 19.7 Å². The fraction of sp³-hybridized carbons (Fsp3) is 0.923. The molecule has 4 heteroatoms. The molecule has 0 aromatic rings. The van der Waals surface area contributed by atoms with Crippen molar-refractivity contribution in [1.29, 1.82) is 0 Å². The predicted octanol–water partition coefficient (Wildman–Crippen LogP) is 1.37. The molecule has 0 bridgehead atoms. The summed E-state index contributed by atoms with van der Waals surface area (Å²) in [6.07, 6.45) is 1.61. The molecule has 1 saturated carbocycles. The molecule has 2 fully saturated rings. The van der Waals surface area contributed by atoms with Crippen LogP contribution in [0.3, 0.4) is 0 Å². The molecule has 98 valence electrons. The van der Waals surface area contributed by atoms with Gasteiger partial charge < -0.3 is 15.4 Å². The van der Waals surface area contributed by atoms with Crippen LogP contribution in [-0.4, -0.2) is 37.8 Å². The summed E-state index contributed by atoms with van der Waals surface area (Å²) in [5, 5.41) is 6.87. The molecular weight excluding hydrogens is 214 g/mol. The Labute approximate surface area is 104 Å². The van der Waals surface area contributed by atoms with Crippen LogP contribution in [0, 0.1) is 11.3 Å². The average Bonchev–Trinajstić information content (AvgIpc) is 2.73. The lowest BCUT2D eigenvalue weighted by Gasteiger charge is -2.54. The van der Waals surface area contributed by atoms with E-state index < -0.39 is 0 Å². The summed E-state index contributed by atoms with van der Waals surface area (Å²) in [5.74, 6) is 1.60. The number of nitrogens with zero attached hydrogens (tertiary/aromatic N) is 1. The van der Waals surface area contributed by atoms with Crippen molar-refractivity contribution in [3.05, 3.63) is 0 Å². The summed E-state index contributed by atoms with van der Waals surface area (Å²) in [7, 11) is 0. The number of ether oxygens (including phenoxy) is 1. The highest BCUT2D eigenvalue weighted by Crippen LogP contribution is 2.51. The molecule has 0 amide bonds. The smallest absolute Gasteiger partial charge is 0.191 e. The number of hydrogen-bond acceptors (Lipinski definition) is 2. The largest absolute Gasteiger partial charge is 0.377 e. The first kappa shape index (κ1) is 12.7. The summed E-state index contributed by atoms with van der Waals surface area (Å²) in [4.78, 5) is 4.47. The van der Waals surface area contributed by atoms with Gasteiger partial charge in [-0.15, -0.1) is 0 Å². The Hall–Kier alpha value is -0.770. The van der Waals surface area contributed by atoms with E-state index in [2.05, 4.69) is 43.3 Å². The number of guanidine groups is 1. The van der Waals surface area contributed by atoms with Gasteiger partial charge in [-0.3, -0.25) is 4.99 Å². The summed E-state index contributed by atoms with van der Waals surface area (Å²) < 4.78 is 5.80. The van der Waals surface area contributed by atoms with Gasteiger partial charge in [-0.25, -0.2) is 0 Å². The third kappa shape index (κ3) is 2.15. The van der Waals surface area contributed by atoms with E-state index in [1.165, 1.54) is 6.42 Å². The minimum atomic E-state index is 0.213. The Morgan fingerprint density at radius 2 is 2.18 bits per heavy atom. The zero-order valence-electron chi connectivity index (χ0n) is 11.4. The van der Waals surface area contributed by atoms with Gasteiger partial charge in [0.1, 0.15) is 0 Å². The highest BCUT2D eigenvalue weighted by molar-refractivity contribution is 5.80. The fourth-order valence-corrected chi connectivity index (χ4v) is 3.24. The molecule has 1 saturated heterocycles. The van der Waals surface area contributed by atoms with Gasteiger partial charge in [0.05, 0.1) is 6.10 Å². The van der Waals surface area contributed by atoms with Crippen LogP contribution in [0.2, 0.25) is 0 Å². The van der Waals surface area contributed by atoms with Gasteiger partial charge in [-0.2, -0.15) is 0 Å². The van der Waals surface area contributed by atoms with Crippen LogP contribution in [0.25, 0.3) is 0 Å². The number of rotatable bonds is 3. The van der Waals surface area contributed by atoms with Gasteiger partial charge in [-0.05, 0) is 20.3 Å². The zero-order valence-corrected chi connectivity index (χ0v) is 11.4. The maximum atomic E-state index is 5.80. The van der Waals surface area contributed by atoms with Crippen molar-refractivity contribution >= 4 is 5.96 Å². The Morgan fingerprint density at radius 1 is 1.41 bits per heavy atom. The van der Waals surface area contributed by atoms with E-state index >= 15 is 0 Å². The van der Waals surface area contributed by atoms with E-state index in [9.17, 15) is 0 Å². The molecule has 0 aromatic heterocycles. The van der Waals surface area contributed by atoms with E-state index in [-0.39, 0.29) is 5.41 Å². The third-order valence-electron chi connectivity index (χ3n) is 4.05. The Balaban J connectivity index is 2.00. The summed E-state index contributed by atoms with van der Waals surface area (Å²) >= 11 is 0. The second kappa shape index (κ2) is 4.84. The molecule has 2 rings (SSSR count). The van der Waals surface area contributed by atoms with Crippen molar-refractivity contribution in [2.24, 2.45) is 16.3 Å². The molecule has 0 radical (unpaired) electrons. The summed E-state index contributed by atoms with van der Waals surface area (Å²) in [6.45, 7) is 11.4. The number of fused-ring (bicyclic) bond motifs is 1. The van der Waals surface area contributed by atoms with Crippen molar-refractivity contribution in [1.82, 2.24) is 10.6 Å². The fourth-order valence-electron chi connectivity index (χ4n) is 3.24. The van der Waals surface area contributed by atoms with Gasteiger partial charge in [-0.1, -0.05) is 13.8 Å². The Bertz CT molecular complexity index is 301. The molecule has 3 atom stereocenters. The van der Waals surface area contributed by atoms with E-state index in [1.54, 1.807) is 0 Å². The van der Waals surface area contributed by atoms with E-state index in [0.717, 1.165) is 25.7 Å². The second-order valence-electron chi connectivity index (χ2n) is 5.54. The SMILES string of the molecule is CCN=C(NCC)NC1C2CCOC2C1(C)C. The average molecular weight is 239 g/mol. The minimum absolute atomic E-state index is 0.213. The molecule has 2 aliphatic rings. The second-order valence-corrected chi connectivity index (χ2v) is 5.54. The standard InChI is InChI=1S/C13H25N3O/c1-5-14-12(15-6-2)16-10-9-7-8-17-11(9)13(10,3)4/h9-11H,5-8H2,1-4H3,(H2,14,15,16). The van der Waals surface area contributed by atoms with Crippen LogP contribution < -0.4 is 10.6 Å². The summed E-state index contributed by atoms with van der Waals surface area (Å²) in [6, 6.07) is 0.486. The third-order valence-corrected chi connectivity index (χ3v) is 4.05. The number of hydrogen-bond donors (Lipinski definition) is 2. The molecule has 0 aromatic carbocycles. The van der Waals surface area contributed by atoms with Gasteiger partial charge in [0.15, 0.2) is 5.96 Å². The topological polar surface area (TPSA) is 45.7 Å². The minimum Gasteiger partial charge on any atom is -0.377 e. The first-order valence-electron chi connectivity index (χ1n) is 6.77. The first-order chi connectivity index (χ1) is 8.11. The van der Waals surface area contributed by atoms with Crippen molar-refractivity contribution in [2.45, 2.75) is 46.3 Å². The van der Waals surface area contributed by atoms with Gasteiger partial charge in [0.25, 0.3) is 0 Å². The highest BCUT2D eigenvalue weighted by atomic mass is 16.5. The maximum Gasteiger partial charge on any atom is 0.191 e. The molecule has 2 N–H and O–H groups in total. The lowest BCUT2D eigenvalue weighted by atomic mass is 9.57. The predicted molar refractivity (Wildman–Crippen MR) is 70.2 cm³/mol. The van der Waals surface area contributed by atoms with E-state index in [4.69, 9.17) is 4.74 Å². The van der Waals surface area contributed by atoms with E-state index in [1.807, 2.05) is 0 Å². The van der Waals surface area contributed by atoms with Crippen LogP contribution in [0.1, 0.15) is 34.1 Å². The molecular formula is C13H25N3O. The van der Waals surface area contributed by atoms with Gasteiger partial charge in [0, 0.05) is 37.1 Å². The van der Waals surface area contributed by atoms with Crippen LogP contribution in [0.15, 0.2) is 4.99 Å². The molecule has 1 heterocycles. The molecule has 1 aliphatic carbocycles. The molecule has 0 spiro atoms.